The zero-order chi connectivity index (χ0) is 20.8. The van der Waals surface area contributed by atoms with Crippen LogP contribution in [0.25, 0.3) is 0 Å². The van der Waals surface area contributed by atoms with Crippen molar-refractivity contribution >= 4 is 29.3 Å². The first-order valence-electron chi connectivity index (χ1n) is 8.76. The van der Waals surface area contributed by atoms with E-state index < -0.39 is 5.92 Å². The Balaban J connectivity index is 1.73. The van der Waals surface area contributed by atoms with E-state index in [9.17, 15) is 19.2 Å². The fraction of sp³-hybridized carbons (Fsp3) is 0.190. The van der Waals surface area contributed by atoms with E-state index in [1.807, 2.05) is 0 Å². The molecule has 1 aliphatic heterocycles. The van der Waals surface area contributed by atoms with Gasteiger partial charge in [0.1, 0.15) is 11.6 Å². The Hall–Kier alpha value is -3.31. The topological polar surface area (TPSA) is 91.2 Å². The first-order valence-corrected chi connectivity index (χ1v) is 9.75. The highest BCUT2D eigenvalue weighted by Gasteiger charge is 2.29. The van der Waals surface area contributed by atoms with Crippen molar-refractivity contribution in [3.05, 3.63) is 70.5 Å². The summed E-state index contributed by atoms with van der Waals surface area (Å²) in [6.45, 7) is 0. The van der Waals surface area contributed by atoms with E-state index in [1.165, 1.54) is 19.2 Å². The molecule has 1 atom stereocenters. The number of anilines is 1. The molecule has 29 heavy (non-hydrogen) atoms. The van der Waals surface area contributed by atoms with Gasteiger partial charge in [0.25, 0.3) is 0 Å². The third-order valence-electron chi connectivity index (χ3n) is 4.33. The molecule has 0 saturated carbocycles. The summed E-state index contributed by atoms with van der Waals surface area (Å²) in [6, 6.07) is 14.8. The first kappa shape index (κ1) is 20.4. The van der Waals surface area contributed by atoms with Crippen LogP contribution in [0.2, 0.25) is 0 Å². The summed E-state index contributed by atoms with van der Waals surface area (Å²) in [5.74, 6) is -0.779. The normalized spacial score (nSPS) is 16.0. The monoisotopic (exact) mass is 411 g/mol. The van der Waals surface area contributed by atoms with Gasteiger partial charge in [-0.2, -0.15) is 5.26 Å². The van der Waals surface area contributed by atoms with Gasteiger partial charge < -0.3 is 15.4 Å². The summed E-state index contributed by atoms with van der Waals surface area (Å²) in [4.78, 5) is 24.4. The van der Waals surface area contributed by atoms with Gasteiger partial charge in [0, 0.05) is 24.1 Å². The quantitative estimate of drug-likeness (QED) is 0.759. The molecule has 0 aliphatic carbocycles. The van der Waals surface area contributed by atoms with Crippen LogP contribution in [0.15, 0.2) is 59.1 Å². The Morgan fingerprint density at radius 1 is 1.34 bits per heavy atom. The Labute approximate surface area is 171 Å². The van der Waals surface area contributed by atoms with Crippen LogP contribution in [-0.4, -0.2) is 24.7 Å². The van der Waals surface area contributed by atoms with Crippen molar-refractivity contribution in [2.75, 3.05) is 18.2 Å². The molecular formula is C21H18FN3O3S. The van der Waals surface area contributed by atoms with E-state index in [0.717, 1.165) is 11.8 Å². The molecule has 1 heterocycles. The Morgan fingerprint density at radius 3 is 2.79 bits per heavy atom. The number of nitrogens with one attached hydrogen (secondary N) is 2. The highest BCUT2D eigenvalue weighted by molar-refractivity contribution is 8.03. The Bertz CT molecular complexity index is 999. The van der Waals surface area contributed by atoms with E-state index in [0.29, 0.717) is 27.6 Å². The standard InChI is InChI=1S/C21H18FN3O3S/c1-28-16-4-2-3-15(9-16)24-20(27)12-29-21-18(11-23)17(10-19(26)25-21)13-5-7-14(22)8-6-13/h2-9,17H,10,12H2,1H3,(H,24,27)(H,25,26)/t17-/m0/s1. The van der Waals surface area contributed by atoms with Gasteiger partial charge in [-0.05, 0) is 29.8 Å². The molecule has 0 saturated heterocycles. The van der Waals surface area contributed by atoms with Gasteiger partial charge in [-0.1, -0.05) is 30.0 Å². The summed E-state index contributed by atoms with van der Waals surface area (Å²) < 4.78 is 18.3. The van der Waals surface area contributed by atoms with Gasteiger partial charge in [0.2, 0.25) is 11.8 Å². The Morgan fingerprint density at radius 2 is 2.10 bits per heavy atom. The summed E-state index contributed by atoms with van der Waals surface area (Å²) in [5, 5.41) is 15.4. The lowest BCUT2D eigenvalue weighted by Crippen LogP contribution is -2.31. The van der Waals surface area contributed by atoms with Gasteiger partial charge >= 0.3 is 0 Å². The average molecular weight is 411 g/mol. The van der Waals surface area contributed by atoms with Crippen LogP contribution in [0, 0.1) is 17.1 Å². The number of methoxy groups -OCH3 is 1. The molecule has 8 heteroatoms. The lowest BCUT2D eigenvalue weighted by Gasteiger charge is -2.25. The number of thioether (sulfide) groups is 1. The molecule has 1 aliphatic rings. The van der Waals surface area contributed by atoms with Gasteiger partial charge in [0.15, 0.2) is 0 Å². The molecular weight excluding hydrogens is 393 g/mol. The number of nitriles is 1. The maximum absolute atomic E-state index is 13.2. The number of hydrogen-bond donors (Lipinski definition) is 2. The molecule has 6 nitrogen and oxygen atoms in total. The van der Waals surface area contributed by atoms with Gasteiger partial charge in [-0.3, -0.25) is 9.59 Å². The fourth-order valence-corrected chi connectivity index (χ4v) is 3.83. The van der Waals surface area contributed by atoms with E-state index in [4.69, 9.17) is 4.74 Å². The van der Waals surface area contributed by atoms with Crippen LogP contribution in [0.4, 0.5) is 10.1 Å². The van der Waals surface area contributed by atoms with Crippen molar-refractivity contribution in [3.63, 3.8) is 0 Å². The van der Waals surface area contributed by atoms with E-state index in [-0.39, 0.29) is 29.8 Å². The number of amides is 2. The summed E-state index contributed by atoms with van der Waals surface area (Å²) in [6.07, 6.45) is 0.0919. The molecule has 0 aromatic heterocycles. The van der Waals surface area contributed by atoms with Crippen LogP contribution in [0.5, 0.6) is 5.75 Å². The smallest absolute Gasteiger partial charge is 0.234 e. The number of hydrogen-bond acceptors (Lipinski definition) is 5. The molecule has 0 radical (unpaired) electrons. The minimum absolute atomic E-state index is 0.00808. The number of benzene rings is 2. The highest BCUT2D eigenvalue weighted by atomic mass is 32.2. The third-order valence-corrected chi connectivity index (χ3v) is 5.35. The van der Waals surface area contributed by atoms with Gasteiger partial charge in [-0.25, -0.2) is 4.39 Å². The number of ether oxygens (including phenoxy) is 1. The maximum atomic E-state index is 13.2. The second-order valence-electron chi connectivity index (χ2n) is 6.28. The maximum Gasteiger partial charge on any atom is 0.234 e. The van der Waals surface area contributed by atoms with Gasteiger partial charge in [0.05, 0.1) is 29.5 Å². The van der Waals surface area contributed by atoms with Crippen molar-refractivity contribution in [1.82, 2.24) is 5.32 Å². The number of nitrogens with zero attached hydrogens (tertiary/aromatic N) is 1. The van der Waals surface area contributed by atoms with Crippen LogP contribution in [0.1, 0.15) is 17.9 Å². The second-order valence-corrected chi connectivity index (χ2v) is 7.27. The molecule has 2 N–H and O–H groups in total. The predicted molar refractivity (Wildman–Crippen MR) is 109 cm³/mol. The number of rotatable bonds is 6. The molecule has 0 bridgehead atoms. The SMILES string of the molecule is COc1cccc(NC(=O)CSC2=C(C#N)[C@H](c3ccc(F)cc3)CC(=O)N2)c1. The lowest BCUT2D eigenvalue weighted by atomic mass is 9.87. The molecule has 0 spiro atoms. The summed E-state index contributed by atoms with van der Waals surface area (Å²) in [5.41, 5.74) is 1.62. The second kappa shape index (κ2) is 9.26. The van der Waals surface area contributed by atoms with E-state index in [1.54, 1.807) is 36.4 Å². The van der Waals surface area contributed by atoms with Crippen molar-refractivity contribution < 1.29 is 18.7 Å². The van der Waals surface area contributed by atoms with Crippen LogP contribution in [0.3, 0.4) is 0 Å². The zero-order valence-corrected chi connectivity index (χ0v) is 16.4. The summed E-state index contributed by atoms with van der Waals surface area (Å²) in [7, 11) is 1.54. The predicted octanol–water partition coefficient (Wildman–Crippen LogP) is 3.54. The molecule has 3 rings (SSSR count). The molecule has 2 amide bonds. The number of carbonyl (C=O) groups excluding carboxylic acids is 2. The number of halogens is 1. The average Bonchev–Trinajstić information content (AvgIpc) is 2.72. The number of allylic oxidation sites excluding steroid dienone is 1. The minimum atomic E-state index is -0.474. The fourth-order valence-electron chi connectivity index (χ4n) is 2.95. The van der Waals surface area contributed by atoms with E-state index in [2.05, 4.69) is 16.7 Å². The number of carbonyl (C=O) groups is 2. The van der Waals surface area contributed by atoms with Crippen LogP contribution in [-0.2, 0) is 9.59 Å². The van der Waals surface area contributed by atoms with Crippen LogP contribution >= 0.6 is 11.8 Å². The van der Waals surface area contributed by atoms with Crippen molar-refractivity contribution in [3.8, 4) is 11.8 Å². The van der Waals surface area contributed by atoms with Crippen molar-refractivity contribution in [1.29, 1.82) is 5.26 Å². The molecule has 148 valence electrons. The van der Waals surface area contributed by atoms with E-state index >= 15 is 0 Å². The van der Waals surface area contributed by atoms with Crippen molar-refractivity contribution in [2.45, 2.75) is 12.3 Å². The first-order chi connectivity index (χ1) is 14.0. The molecule has 2 aromatic carbocycles. The highest BCUT2D eigenvalue weighted by Crippen LogP contribution is 2.36. The molecule has 0 unspecified atom stereocenters. The van der Waals surface area contributed by atoms with Crippen LogP contribution < -0.4 is 15.4 Å². The summed E-state index contributed by atoms with van der Waals surface area (Å²) >= 11 is 1.08. The Kier molecular flexibility index (Phi) is 6.52. The third kappa shape index (κ3) is 5.15. The minimum Gasteiger partial charge on any atom is -0.497 e. The lowest BCUT2D eigenvalue weighted by molar-refractivity contribution is -0.121. The molecule has 2 aromatic rings. The molecule has 0 fully saturated rings. The van der Waals surface area contributed by atoms with Gasteiger partial charge in [-0.15, -0.1) is 0 Å². The zero-order valence-electron chi connectivity index (χ0n) is 15.6. The van der Waals surface area contributed by atoms with Crippen molar-refractivity contribution in [2.24, 2.45) is 0 Å². The largest absolute Gasteiger partial charge is 0.497 e.